The SMILES string of the molecule is O=C1C(=O)C(Cl)(Cl)c2c1ccc(Cl)c2Cl. The van der Waals surface area contributed by atoms with E-state index in [4.69, 9.17) is 46.4 Å². The lowest BCUT2D eigenvalue weighted by Gasteiger charge is -2.12. The molecule has 0 N–H and O–H groups in total. The van der Waals surface area contributed by atoms with Gasteiger partial charge in [-0.25, -0.2) is 0 Å². The minimum absolute atomic E-state index is 0.0402. The summed E-state index contributed by atoms with van der Waals surface area (Å²) in [6.07, 6.45) is 0. The Morgan fingerprint density at radius 2 is 1.67 bits per heavy atom. The fourth-order valence-electron chi connectivity index (χ4n) is 1.43. The van der Waals surface area contributed by atoms with Crippen LogP contribution in [0, 0.1) is 0 Å². The Kier molecular flexibility index (Phi) is 2.51. The summed E-state index contributed by atoms with van der Waals surface area (Å²) in [7, 11) is 0. The highest BCUT2D eigenvalue weighted by atomic mass is 35.5. The predicted molar refractivity (Wildman–Crippen MR) is 59.2 cm³/mol. The summed E-state index contributed by atoms with van der Waals surface area (Å²) in [6, 6.07) is 2.80. The first-order chi connectivity index (χ1) is 6.87. The van der Waals surface area contributed by atoms with Crippen LogP contribution in [0.25, 0.3) is 0 Å². The molecule has 1 aliphatic rings. The van der Waals surface area contributed by atoms with Gasteiger partial charge in [0.05, 0.1) is 10.0 Å². The predicted octanol–water partition coefficient (Wildman–Crippen LogP) is 3.39. The van der Waals surface area contributed by atoms with Gasteiger partial charge in [0.1, 0.15) is 0 Å². The monoisotopic (exact) mass is 282 g/mol. The second-order valence-electron chi connectivity index (χ2n) is 3.02. The Bertz CT molecular complexity index is 493. The molecule has 78 valence electrons. The van der Waals surface area contributed by atoms with Crippen molar-refractivity contribution < 1.29 is 9.59 Å². The summed E-state index contributed by atoms with van der Waals surface area (Å²) in [5, 5.41) is 0.238. The van der Waals surface area contributed by atoms with Gasteiger partial charge in [0.2, 0.25) is 15.9 Å². The maximum atomic E-state index is 11.5. The van der Waals surface area contributed by atoms with Gasteiger partial charge >= 0.3 is 0 Å². The molecule has 0 radical (unpaired) electrons. The van der Waals surface area contributed by atoms with E-state index in [0.29, 0.717) is 0 Å². The molecule has 2 nitrogen and oxygen atoms in total. The van der Waals surface area contributed by atoms with Gasteiger partial charge in [-0.05, 0) is 12.1 Å². The van der Waals surface area contributed by atoms with Crippen LogP contribution in [0.1, 0.15) is 15.9 Å². The Morgan fingerprint density at radius 3 is 2.27 bits per heavy atom. The first-order valence-electron chi connectivity index (χ1n) is 3.82. The topological polar surface area (TPSA) is 34.1 Å². The van der Waals surface area contributed by atoms with Crippen LogP contribution in [0.2, 0.25) is 10.0 Å². The number of fused-ring (bicyclic) bond motifs is 1. The van der Waals surface area contributed by atoms with Gasteiger partial charge in [0, 0.05) is 11.1 Å². The summed E-state index contributed by atoms with van der Waals surface area (Å²) in [5.74, 6) is -1.64. The van der Waals surface area contributed by atoms with Crippen molar-refractivity contribution in [3.8, 4) is 0 Å². The molecule has 2 rings (SSSR count). The van der Waals surface area contributed by atoms with Crippen LogP contribution in [-0.2, 0) is 9.13 Å². The standard InChI is InChI=1S/C9H2Cl4O2/c10-4-2-1-3-5(6(4)11)9(12,13)8(15)7(3)14/h1-2H. The molecule has 0 saturated carbocycles. The fourth-order valence-corrected chi connectivity index (χ4v) is 2.55. The molecule has 0 saturated heterocycles. The molecule has 6 heteroatoms. The van der Waals surface area contributed by atoms with E-state index in [2.05, 4.69) is 0 Å². The number of halogens is 4. The van der Waals surface area contributed by atoms with Gasteiger partial charge in [0.25, 0.3) is 0 Å². The van der Waals surface area contributed by atoms with E-state index in [0.717, 1.165) is 0 Å². The van der Waals surface area contributed by atoms with Crippen molar-refractivity contribution in [2.24, 2.45) is 0 Å². The first-order valence-corrected chi connectivity index (χ1v) is 5.34. The normalized spacial score (nSPS) is 18.1. The maximum Gasteiger partial charge on any atom is 0.243 e. The van der Waals surface area contributed by atoms with Crippen molar-refractivity contribution in [1.82, 2.24) is 0 Å². The third kappa shape index (κ3) is 1.40. The van der Waals surface area contributed by atoms with Crippen molar-refractivity contribution in [1.29, 1.82) is 0 Å². The van der Waals surface area contributed by atoms with Crippen LogP contribution < -0.4 is 0 Å². The number of hydrogen-bond donors (Lipinski definition) is 0. The minimum atomic E-state index is -1.92. The second-order valence-corrected chi connectivity index (χ2v) is 5.13. The van der Waals surface area contributed by atoms with Crippen molar-refractivity contribution in [3.63, 3.8) is 0 Å². The average molecular weight is 284 g/mol. The zero-order valence-corrected chi connectivity index (χ0v) is 10.0. The summed E-state index contributed by atoms with van der Waals surface area (Å²) >= 11 is 23.1. The molecule has 0 heterocycles. The molecular formula is C9H2Cl4O2. The number of alkyl halides is 2. The summed E-state index contributed by atoms with van der Waals surface area (Å²) in [6.45, 7) is 0. The number of ketones is 2. The molecule has 0 fully saturated rings. The highest BCUT2D eigenvalue weighted by Crippen LogP contribution is 2.48. The molecule has 0 amide bonds. The van der Waals surface area contributed by atoms with Crippen molar-refractivity contribution in [2.75, 3.05) is 0 Å². The molecule has 0 spiro atoms. The van der Waals surface area contributed by atoms with Crippen LogP contribution in [0.15, 0.2) is 12.1 Å². The Hall–Kier alpha value is -0.280. The van der Waals surface area contributed by atoms with Gasteiger partial charge in [0.15, 0.2) is 0 Å². The van der Waals surface area contributed by atoms with Crippen LogP contribution in [0.4, 0.5) is 0 Å². The summed E-state index contributed by atoms with van der Waals surface area (Å²) < 4.78 is -1.92. The molecular weight excluding hydrogens is 282 g/mol. The molecule has 0 unspecified atom stereocenters. The molecule has 0 aliphatic heterocycles. The zero-order valence-electron chi connectivity index (χ0n) is 6.98. The molecule has 1 aliphatic carbocycles. The largest absolute Gasteiger partial charge is 0.287 e. The number of carbonyl (C=O) groups is 2. The lowest BCUT2D eigenvalue weighted by molar-refractivity contribution is -0.115. The second kappa shape index (κ2) is 3.36. The lowest BCUT2D eigenvalue weighted by Crippen LogP contribution is -2.21. The average Bonchev–Trinajstić information content (AvgIpc) is 2.34. The highest BCUT2D eigenvalue weighted by Gasteiger charge is 2.51. The number of rotatable bonds is 0. The van der Waals surface area contributed by atoms with Gasteiger partial charge in [-0.15, -0.1) is 0 Å². The number of carbonyl (C=O) groups excluding carboxylic acids is 2. The number of benzene rings is 1. The van der Waals surface area contributed by atoms with Crippen molar-refractivity contribution in [3.05, 3.63) is 33.3 Å². The molecule has 0 bridgehead atoms. The quantitative estimate of drug-likeness (QED) is 0.540. The van der Waals surface area contributed by atoms with Gasteiger partial charge in [-0.3, -0.25) is 9.59 Å². The molecule has 1 aromatic rings. The van der Waals surface area contributed by atoms with E-state index < -0.39 is 15.9 Å². The molecule has 0 aromatic heterocycles. The highest BCUT2D eigenvalue weighted by molar-refractivity contribution is 6.72. The maximum absolute atomic E-state index is 11.5. The van der Waals surface area contributed by atoms with E-state index in [9.17, 15) is 9.59 Å². The van der Waals surface area contributed by atoms with Crippen LogP contribution in [-0.4, -0.2) is 11.6 Å². The smallest absolute Gasteiger partial charge is 0.243 e. The summed E-state index contributed by atoms with van der Waals surface area (Å²) in [4.78, 5) is 22.9. The van der Waals surface area contributed by atoms with E-state index in [1.165, 1.54) is 12.1 Å². The fraction of sp³-hybridized carbons (Fsp3) is 0.111. The van der Waals surface area contributed by atoms with E-state index >= 15 is 0 Å². The van der Waals surface area contributed by atoms with Crippen LogP contribution in [0.3, 0.4) is 0 Å². The van der Waals surface area contributed by atoms with E-state index in [1.807, 2.05) is 0 Å². The number of Topliss-reactive ketones (excluding diaryl/α,β-unsaturated/α-hetero) is 2. The lowest BCUT2D eigenvalue weighted by atomic mass is 10.1. The Morgan fingerprint density at radius 1 is 1.07 bits per heavy atom. The van der Waals surface area contributed by atoms with E-state index in [1.54, 1.807) is 0 Å². The Labute approximate surface area is 105 Å². The summed E-state index contributed by atoms with van der Waals surface area (Å²) in [5.41, 5.74) is 0.189. The number of hydrogen-bond acceptors (Lipinski definition) is 2. The zero-order chi connectivity index (χ0) is 11.4. The van der Waals surface area contributed by atoms with Crippen molar-refractivity contribution >= 4 is 58.0 Å². The van der Waals surface area contributed by atoms with Gasteiger partial charge in [-0.1, -0.05) is 46.4 Å². The van der Waals surface area contributed by atoms with Crippen molar-refractivity contribution in [2.45, 2.75) is 4.33 Å². The van der Waals surface area contributed by atoms with Gasteiger partial charge < -0.3 is 0 Å². The van der Waals surface area contributed by atoms with Crippen LogP contribution >= 0.6 is 46.4 Å². The molecule has 15 heavy (non-hydrogen) atoms. The minimum Gasteiger partial charge on any atom is -0.287 e. The van der Waals surface area contributed by atoms with Crippen LogP contribution in [0.5, 0.6) is 0 Å². The Balaban J connectivity index is 2.85. The first kappa shape index (κ1) is 11.2. The third-order valence-electron chi connectivity index (χ3n) is 2.14. The molecule has 0 atom stereocenters. The molecule has 1 aromatic carbocycles. The third-order valence-corrected chi connectivity index (χ3v) is 3.67. The van der Waals surface area contributed by atoms with Gasteiger partial charge in [-0.2, -0.15) is 0 Å². The van der Waals surface area contributed by atoms with E-state index in [-0.39, 0.29) is 21.2 Å².